The molecule has 4 aliphatic carbocycles. The molecule has 0 heterocycles. The molecule has 2 nitrogen and oxygen atoms in total. The average Bonchev–Trinajstić information content (AvgIpc) is 2.90. The molecule has 3 saturated carbocycles. The van der Waals surface area contributed by atoms with Crippen LogP contribution in [-0.2, 0) is 15.6 Å². The molecule has 126 valence electrons. The molecule has 0 spiro atoms. The first-order valence-corrected chi connectivity index (χ1v) is 10.9. The normalized spacial score (nSPS) is 46.6. The largest absolute Gasteiger partial charge is 0.290 e. The molecule has 0 aromatic rings. The van der Waals surface area contributed by atoms with Crippen molar-refractivity contribution in [2.45, 2.75) is 51.9 Å². The van der Waals surface area contributed by atoms with Crippen molar-refractivity contribution in [3.63, 3.8) is 0 Å². The molecule has 0 aromatic carbocycles. The summed E-state index contributed by atoms with van der Waals surface area (Å²) in [5.74, 6) is 3.27. The van der Waals surface area contributed by atoms with Crippen LogP contribution in [0.2, 0.25) is 0 Å². The van der Waals surface area contributed by atoms with E-state index in [4.69, 9.17) is 0 Å². The second-order valence-corrected chi connectivity index (χ2v) is 10.0. The third-order valence-electron chi connectivity index (χ3n) is 7.57. The molecule has 0 radical (unpaired) electrons. The van der Waals surface area contributed by atoms with Crippen molar-refractivity contribution >= 4 is 16.6 Å². The number of carbonyl (C=O) groups is 1. The Morgan fingerprint density at radius 1 is 1.22 bits per heavy atom. The van der Waals surface area contributed by atoms with Crippen LogP contribution in [0.5, 0.6) is 0 Å². The van der Waals surface area contributed by atoms with Crippen LogP contribution in [0.15, 0.2) is 23.8 Å². The SMILES string of the molecule is CS(=O)C[C@@]12CCC[C@H]1[C@@H]1CCC3=CC(=O)C=C[C@]3(C)[C@H]1CC2. The van der Waals surface area contributed by atoms with Crippen molar-refractivity contribution in [1.29, 1.82) is 0 Å². The number of fused-ring (bicyclic) bond motifs is 5. The van der Waals surface area contributed by atoms with Crippen LogP contribution in [0.4, 0.5) is 0 Å². The van der Waals surface area contributed by atoms with Crippen molar-refractivity contribution in [2.24, 2.45) is 28.6 Å². The summed E-state index contributed by atoms with van der Waals surface area (Å²) in [4.78, 5) is 11.8. The third-order valence-corrected chi connectivity index (χ3v) is 8.55. The molecule has 4 rings (SSSR count). The van der Waals surface area contributed by atoms with Gasteiger partial charge in [0.1, 0.15) is 0 Å². The van der Waals surface area contributed by atoms with Crippen LogP contribution >= 0.6 is 0 Å². The van der Waals surface area contributed by atoms with Gasteiger partial charge in [0.05, 0.1) is 0 Å². The van der Waals surface area contributed by atoms with E-state index < -0.39 is 10.8 Å². The first kappa shape index (κ1) is 15.8. The fraction of sp³-hybridized carbons (Fsp3) is 0.750. The lowest BCUT2D eigenvalue weighted by Crippen LogP contribution is -2.50. The summed E-state index contributed by atoms with van der Waals surface area (Å²) in [6, 6.07) is 0. The summed E-state index contributed by atoms with van der Waals surface area (Å²) in [6.45, 7) is 2.36. The average molecular weight is 333 g/mol. The Bertz CT molecular complexity index is 619. The number of hydrogen-bond acceptors (Lipinski definition) is 2. The predicted octanol–water partition coefficient (Wildman–Crippen LogP) is 4.04. The minimum absolute atomic E-state index is 0.0942. The highest BCUT2D eigenvalue weighted by atomic mass is 32.2. The Hall–Kier alpha value is -0.700. The van der Waals surface area contributed by atoms with Gasteiger partial charge >= 0.3 is 0 Å². The summed E-state index contributed by atoms with van der Waals surface area (Å²) in [5, 5.41) is 0. The fourth-order valence-corrected chi connectivity index (χ4v) is 7.96. The number of hydrogen-bond donors (Lipinski definition) is 0. The van der Waals surface area contributed by atoms with E-state index in [2.05, 4.69) is 13.0 Å². The molecule has 0 aromatic heterocycles. The van der Waals surface area contributed by atoms with Crippen LogP contribution in [0.3, 0.4) is 0 Å². The Labute approximate surface area is 142 Å². The lowest BCUT2D eigenvalue weighted by molar-refractivity contribution is -0.111. The van der Waals surface area contributed by atoms with E-state index in [-0.39, 0.29) is 11.2 Å². The molecule has 0 bridgehead atoms. The first-order valence-electron chi connectivity index (χ1n) is 9.19. The Morgan fingerprint density at radius 3 is 2.83 bits per heavy atom. The Morgan fingerprint density at radius 2 is 2.04 bits per heavy atom. The number of ketones is 1. The van der Waals surface area contributed by atoms with Gasteiger partial charge in [-0.1, -0.05) is 25.0 Å². The number of allylic oxidation sites excluding steroid dienone is 4. The van der Waals surface area contributed by atoms with Gasteiger partial charge in [-0.2, -0.15) is 0 Å². The van der Waals surface area contributed by atoms with Gasteiger partial charge < -0.3 is 0 Å². The van der Waals surface area contributed by atoms with E-state index in [1.54, 1.807) is 6.08 Å². The highest BCUT2D eigenvalue weighted by molar-refractivity contribution is 7.84. The van der Waals surface area contributed by atoms with Crippen molar-refractivity contribution in [2.75, 3.05) is 12.0 Å². The molecule has 0 saturated heterocycles. The molecular formula is C20H28O2S. The number of carbonyl (C=O) groups excluding carboxylic acids is 1. The van der Waals surface area contributed by atoms with Crippen LogP contribution in [0.1, 0.15) is 51.9 Å². The van der Waals surface area contributed by atoms with Crippen molar-refractivity contribution in [1.82, 2.24) is 0 Å². The molecule has 0 aliphatic heterocycles. The monoisotopic (exact) mass is 332 g/mol. The van der Waals surface area contributed by atoms with Crippen LogP contribution in [0, 0.1) is 28.6 Å². The lowest BCUT2D eigenvalue weighted by Gasteiger charge is -2.56. The summed E-state index contributed by atoms with van der Waals surface area (Å²) >= 11 is 0. The van der Waals surface area contributed by atoms with Gasteiger partial charge in [0.15, 0.2) is 5.78 Å². The van der Waals surface area contributed by atoms with Crippen LogP contribution in [0.25, 0.3) is 0 Å². The van der Waals surface area contributed by atoms with E-state index in [1.165, 1.54) is 44.1 Å². The van der Waals surface area contributed by atoms with Crippen molar-refractivity contribution in [3.8, 4) is 0 Å². The van der Waals surface area contributed by atoms with Gasteiger partial charge in [-0.25, -0.2) is 0 Å². The molecule has 0 amide bonds. The van der Waals surface area contributed by atoms with E-state index in [0.29, 0.717) is 11.3 Å². The van der Waals surface area contributed by atoms with E-state index in [9.17, 15) is 9.00 Å². The maximum atomic E-state index is 12.0. The Balaban J connectivity index is 1.67. The van der Waals surface area contributed by atoms with Gasteiger partial charge in [0.2, 0.25) is 0 Å². The maximum Gasteiger partial charge on any atom is 0.178 e. The quantitative estimate of drug-likeness (QED) is 0.765. The van der Waals surface area contributed by atoms with Gasteiger partial charge in [-0.3, -0.25) is 9.00 Å². The highest BCUT2D eigenvalue weighted by Gasteiger charge is 2.57. The first-order chi connectivity index (χ1) is 10.9. The smallest absolute Gasteiger partial charge is 0.178 e. The molecule has 23 heavy (non-hydrogen) atoms. The molecule has 1 unspecified atom stereocenters. The topological polar surface area (TPSA) is 34.1 Å². The maximum absolute atomic E-state index is 12.0. The fourth-order valence-electron chi connectivity index (χ4n) is 6.65. The summed E-state index contributed by atoms with van der Waals surface area (Å²) in [6.07, 6.45) is 16.5. The van der Waals surface area contributed by atoms with Crippen molar-refractivity contribution in [3.05, 3.63) is 23.8 Å². The van der Waals surface area contributed by atoms with Crippen LogP contribution in [-0.4, -0.2) is 22.0 Å². The Kier molecular flexibility index (Phi) is 3.71. The van der Waals surface area contributed by atoms with E-state index in [0.717, 1.165) is 24.0 Å². The minimum atomic E-state index is -0.688. The summed E-state index contributed by atoms with van der Waals surface area (Å²) < 4.78 is 12.0. The van der Waals surface area contributed by atoms with Gasteiger partial charge in [0.25, 0.3) is 0 Å². The zero-order valence-corrected chi connectivity index (χ0v) is 15.2. The standard InChI is InChI=1S/C20H28O2S/c1-19-10-7-15(21)12-14(19)5-6-16-17(19)8-11-20(13-23(2)22)9-3-4-18(16)20/h7,10,12,16-18H,3-6,8-9,11,13H2,1-2H3/t16-,17+,18+,19+,20+,23?/m1/s1. The predicted molar refractivity (Wildman–Crippen MR) is 94.5 cm³/mol. The van der Waals surface area contributed by atoms with Crippen LogP contribution < -0.4 is 0 Å². The molecular weight excluding hydrogens is 304 g/mol. The summed E-state index contributed by atoms with van der Waals surface area (Å²) in [5.41, 5.74) is 1.82. The zero-order valence-electron chi connectivity index (χ0n) is 14.3. The second kappa shape index (κ2) is 5.40. The molecule has 6 atom stereocenters. The molecule has 0 N–H and O–H groups in total. The van der Waals surface area contributed by atoms with Gasteiger partial charge in [-0.15, -0.1) is 0 Å². The van der Waals surface area contributed by atoms with Gasteiger partial charge in [0, 0.05) is 28.2 Å². The van der Waals surface area contributed by atoms with E-state index >= 15 is 0 Å². The molecule has 4 aliphatic rings. The highest BCUT2D eigenvalue weighted by Crippen LogP contribution is 2.64. The second-order valence-electron chi connectivity index (χ2n) is 8.61. The minimum Gasteiger partial charge on any atom is -0.290 e. The molecule has 3 fully saturated rings. The van der Waals surface area contributed by atoms with Crippen molar-refractivity contribution < 1.29 is 9.00 Å². The number of rotatable bonds is 2. The lowest BCUT2D eigenvalue weighted by atomic mass is 9.48. The molecule has 3 heteroatoms. The summed E-state index contributed by atoms with van der Waals surface area (Å²) in [7, 11) is -0.688. The third kappa shape index (κ3) is 2.33. The van der Waals surface area contributed by atoms with E-state index in [1.807, 2.05) is 12.3 Å². The zero-order chi connectivity index (χ0) is 16.2. The van der Waals surface area contributed by atoms with Gasteiger partial charge in [-0.05, 0) is 73.8 Å².